The van der Waals surface area contributed by atoms with Gasteiger partial charge in [0, 0.05) is 43.8 Å². The van der Waals surface area contributed by atoms with E-state index in [-0.39, 0.29) is 6.42 Å². The Kier molecular flexibility index (Phi) is 3.27. The fraction of sp³-hybridized carbons (Fsp3) is 0.250. The first kappa shape index (κ1) is 12.1. The first-order chi connectivity index (χ1) is 8.56. The highest BCUT2D eigenvalue weighted by Crippen LogP contribution is 2.14. The summed E-state index contributed by atoms with van der Waals surface area (Å²) in [7, 11) is 3.89. The number of hydrogen-bond acceptors (Lipinski definition) is 4. The summed E-state index contributed by atoms with van der Waals surface area (Å²) in [6, 6.07) is 3.78. The molecular formula is C12H14N4O2. The topological polar surface area (TPSA) is 71.2 Å². The normalized spacial score (nSPS) is 10.3. The highest BCUT2D eigenvalue weighted by Gasteiger charge is 2.06. The molecule has 0 saturated carbocycles. The van der Waals surface area contributed by atoms with E-state index in [0.29, 0.717) is 11.4 Å². The van der Waals surface area contributed by atoms with Crippen LogP contribution in [0.15, 0.2) is 30.7 Å². The van der Waals surface area contributed by atoms with Gasteiger partial charge in [-0.05, 0) is 6.07 Å². The lowest BCUT2D eigenvalue weighted by Crippen LogP contribution is -2.09. The second kappa shape index (κ2) is 4.87. The maximum absolute atomic E-state index is 10.6. The third kappa shape index (κ3) is 2.65. The molecule has 6 heteroatoms. The van der Waals surface area contributed by atoms with Crippen molar-refractivity contribution in [1.29, 1.82) is 0 Å². The van der Waals surface area contributed by atoms with E-state index < -0.39 is 5.97 Å². The maximum Gasteiger partial charge on any atom is 0.307 e. The van der Waals surface area contributed by atoms with Gasteiger partial charge in [0.05, 0.1) is 12.6 Å². The summed E-state index contributed by atoms with van der Waals surface area (Å²) in [6.45, 7) is 0. The zero-order valence-corrected chi connectivity index (χ0v) is 10.2. The number of rotatable bonds is 4. The van der Waals surface area contributed by atoms with Crippen LogP contribution in [0.25, 0.3) is 5.82 Å². The van der Waals surface area contributed by atoms with Crippen molar-refractivity contribution in [2.75, 3.05) is 19.0 Å². The number of carboxylic acid groups (broad SMARTS) is 1. The van der Waals surface area contributed by atoms with Gasteiger partial charge in [0.2, 0.25) is 0 Å². The minimum atomic E-state index is -0.871. The number of carboxylic acids is 1. The predicted molar refractivity (Wildman–Crippen MR) is 67.0 cm³/mol. The molecule has 1 N–H and O–H groups in total. The van der Waals surface area contributed by atoms with Crippen molar-refractivity contribution in [3.63, 3.8) is 0 Å². The summed E-state index contributed by atoms with van der Waals surface area (Å²) in [5.74, 6) is -0.206. The molecule has 18 heavy (non-hydrogen) atoms. The van der Waals surface area contributed by atoms with E-state index in [0.717, 1.165) is 5.69 Å². The largest absolute Gasteiger partial charge is 0.481 e. The lowest BCUT2D eigenvalue weighted by Gasteiger charge is -2.12. The van der Waals surface area contributed by atoms with Gasteiger partial charge >= 0.3 is 5.97 Å². The first-order valence-corrected chi connectivity index (χ1v) is 5.45. The van der Waals surface area contributed by atoms with Crippen molar-refractivity contribution in [2.45, 2.75) is 6.42 Å². The van der Waals surface area contributed by atoms with Gasteiger partial charge in [-0.25, -0.2) is 9.67 Å². The Labute approximate surface area is 104 Å². The molecule has 0 aromatic carbocycles. The van der Waals surface area contributed by atoms with E-state index in [1.165, 1.54) is 6.20 Å². The monoisotopic (exact) mass is 246 g/mol. The summed E-state index contributed by atoms with van der Waals surface area (Å²) in [4.78, 5) is 16.8. The fourth-order valence-corrected chi connectivity index (χ4v) is 1.56. The van der Waals surface area contributed by atoms with Crippen LogP contribution in [0.5, 0.6) is 0 Å². The van der Waals surface area contributed by atoms with Gasteiger partial charge in [-0.15, -0.1) is 0 Å². The number of hydrogen-bond donors (Lipinski definition) is 1. The average molecular weight is 246 g/mol. The molecular weight excluding hydrogens is 232 g/mol. The van der Waals surface area contributed by atoms with Crippen LogP contribution in [0.3, 0.4) is 0 Å². The van der Waals surface area contributed by atoms with Crippen molar-refractivity contribution in [3.8, 4) is 5.82 Å². The highest BCUT2D eigenvalue weighted by atomic mass is 16.4. The summed E-state index contributed by atoms with van der Waals surface area (Å²) < 4.78 is 1.57. The molecule has 0 unspecified atom stereocenters. The molecule has 0 atom stereocenters. The Balaban J connectivity index is 2.28. The molecule has 0 fully saturated rings. The second-order valence-electron chi connectivity index (χ2n) is 4.13. The minimum Gasteiger partial charge on any atom is -0.481 e. The highest BCUT2D eigenvalue weighted by molar-refractivity contribution is 5.69. The predicted octanol–water partition coefficient (Wildman–Crippen LogP) is 0.960. The smallest absolute Gasteiger partial charge is 0.307 e. The molecule has 2 aromatic rings. The number of carbonyl (C=O) groups is 1. The lowest BCUT2D eigenvalue weighted by molar-refractivity contribution is -0.136. The first-order valence-electron chi connectivity index (χ1n) is 5.45. The molecule has 6 nitrogen and oxygen atoms in total. The van der Waals surface area contributed by atoms with E-state index in [1.807, 2.05) is 31.1 Å². The molecule has 2 aromatic heterocycles. The van der Waals surface area contributed by atoms with Crippen molar-refractivity contribution in [3.05, 3.63) is 36.3 Å². The van der Waals surface area contributed by atoms with Crippen LogP contribution < -0.4 is 4.90 Å². The number of aromatic nitrogens is 3. The van der Waals surface area contributed by atoms with Crippen molar-refractivity contribution < 1.29 is 9.90 Å². The van der Waals surface area contributed by atoms with Crippen LogP contribution in [0.4, 0.5) is 5.69 Å². The molecule has 0 radical (unpaired) electrons. The lowest BCUT2D eigenvalue weighted by atomic mass is 10.3. The standard InChI is InChI=1S/C12H14N4O2/c1-15(2)10-3-4-13-11(6-10)16-8-9(7-14-16)5-12(17)18/h3-4,6-8H,5H2,1-2H3,(H,17,18). The van der Waals surface area contributed by atoms with Gasteiger partial charge in [0.25, 0.3) is 0 Å². The zero-order chi connectivity index (χ0) is 13.1. The van der Waals surface area contributed by atoms with Gasteiger partial charge in [-0.3, -0.25) is 4.79 Å². The second-order valence-corrected chi connectivity index (χ2v) is 4.13. The summed E-state index contributed by atoms with van der Waals surface area (Å²) in [6.07, 6.45) is 4.88. The van der Waals surface area contributed by atoms with Crippen molar-refractivity contribution in [2.24, 2.45) is 0 Å². The van der Waals surface area contributed by atoms with Crippen LogP contribution in [0, 0.1) is 0 Å². The van der Waals surface area contributed by atoms with E-state index in [4.69, 9.17) is 5.11 Å². The molecule has 0 saturated heterocycles. The van der Waals surface area contributed by atoms with Crippen LogP contribution in [-0.4, -0.2) is 39.9 Å². The third-order valence-corrected chi connectivity index (χ3v) is 2.47. The Morgan fingerprint density at radius 1 is 1.50 bits per heavy atom. The van der Waals surface area contributed by atoms with Gasteiger partial charge in [-0.1, -0.05) is 0 Å². The molecule has 2 rings (SSSR count). The Morgan fingerprint density at radius 2 is 2.28 bits per heavy atom. The number of pyridine rings is 1. The average Bonchev–Trinajstić information content (AvgIpc) is 2.77. The molecule has 0 aliphatic rings. The third-order valence-electron chi connectivity index (χ3n) is 2.47. The van der Waals surface area contributed by atoms with Crippen LogP contribution in [0.1, 0.15) is 5.56 Å². The fourth-order valence-electron chi connectivity index (χ4n) is 1.56. The summed E-state index contributed by atoms with van der Waals surface area (Å²) in [5, 5.41) is 12.8. The zero-order valence-electron chi connectivity index (χ0n) is 10.2. The van der Waals surface area contributed by atoms with Gasteiger partial charge < -0.3 is 10.0 Å². The van der Waals surface area contributed by atoms with E-state index in [1.54, 1.807) is 17.1 Å². The van der Waals surface area contributed by atoms with Gasteiger partial charge in [-0.2, -0.15) is 5.10 Å². The molecule has 2 heterocycles. The SMILES string of the molecule is CN(C)c1ccnc(-n2cc(CC(=O)O)cn2)c1. The van der Waals surface area contributed by atoms with E-state index >= 15 is 0 Å². The van der Waals surface area contributed by atoms with Crippen molar-refractivity contribution in [1.82, 2.24) is 14.8 Å². The quantitative estimate of drug-likeness (QED) is 0.870. The molecule has 0 amide bonds. The molecule has 0 aliphatic carbocycles. The molecule has 94 valence electrons. The van der Waals surface area contributed by atoms with Crippen LogP contribution >= 0.6 is 0 Å². The Hall–Kier alpha value is -2.37. The molecule has 0 aliphatic heterocycles. The number of nitrogens with zero attached hydrogens (tertiary/aromatic N) is 4. The Bertz CT molecular complexity index is 563. The van der Waals surface area contributed by atoms with Crippen LogP contribution in [0.2, 0.25) is 0 Å². The maximum atomic E-state index is 10.6. The summed E-state index contributed by atoms with van der Waals surface area (Å²) in [5.41, 5.74) is 1.66. The summed E-state index contributed by atoms with van der Waals surface area (Å²) >= 11 is 0. The molecule has 0 bridgehead atoms. The Morgan fingerprint density at radius 3 is 2.94 bits per heavy atom. The van der Waals surface area contributed by atoms with E-state index in [9.17, 15) is 4.79 Å². The van der Waals surface area contributed by atoms with Crippen LogP contribution in [-0.2, 0) is 11.2 Å². The van der Waals surface area contributed by atoms with Gasteiger partial charge in [0.1, 0.15) is 0 Å². The minimum absolute atomic E-state index is 0.0344. The van der Waals surface area contributed by atoms with Crippen molar-refractivity contribution >= 4 is 11.7 Å². The molecule has 0 spiro atoms. The van der Waals surface area contributed by atoms with E-state index in [2.05, 4.69) is 10.1 Å². The van der Waals surface area contributed by atoms with Gasteiger partial charge in [0.15, 0.2) is 5.82 Å². The number of aliphatic carboxylic acids is 1. The number of anilines is 1.